The van der Waals surface area contributed by atoms with E-state index in [0.29, 0.717) is 29.1 Å². The van der Waals surface area contributed by atoms with E-state index in [-0.39, 0.29) is 12.5 Å². The van der Waals surface area contributed by atoms with E-state index < -0.39 is 0 Å². The summed E-state index contributed by atoms with van der Waals surface area (Å²) >= 11 is 7.54. The van der Waals surface area contributed by atoms with Crippen LogP contribution in [0.4, 0.5) is 5.69 Å². The molecule has 1 amide bonds. The molecule has 3 nitrogen and oxygen atoms in total. The molecule has 1 rings (SSSR count). The van der Waals surface area contributed by atoms with E-state index in [1.807, 2.05) is 6.26 Å². The third-order valence-electron chi connectivity index (χ3n) is 2.25. The third kappa shape index (κ3) is 6.02. The Morgan fingerprint density at radius 2 is 2.32 bits per heavy atom. The van der Waals surface area contributed by atoms with Crippen LogP contribution in [-0.2, 0) is 4.79 Å². The maximum Gasteiger partial charge on any atom is 0.225 e. The minimum atomic E-state index is -0.0399. The highest BCUT2D eigenvalue weighted by Crippen LogP contribution is 2.20. The van der Waals surface area contributed by atoms with Crippen LogP contribution < -0.4 is 5.32 Å². The van der Waals surface area contributed by atoms with Gasteiger partial charge in [0.25, 0.3) is 0 Å². The molecule has 0 radical (unpaired) electrons. The molecule has 0 aromatic heterocycles. The standard InChI is InChI=1S/C14H16ClNO2S/c1-19-9-7-14(18)16-13-6-5-12(15)10-11(13)4-2-3-8-17/h5-6,10,17H,3,7-9H2,1H3,(H,16,18). The van der Waals surface area contributed by atoms with Crippen LogP contribution in [0.3, 0.4) is 0 Å². The Hall–Kier alpha value is -1.15. The molecular formula is C14H16ClNO2S. The van der Waals surface area contributed by atoms with Crippen molar-refractivity contribution in [2.75, 3.05) is 23.9 Å². The summed E-state index contributed by atoms with van der Waals surface area (Å²) in [5.74, 6) is 6.47. The second kappa shape index (κ2) is 8.87. The number of benzene rings is 1. The van der Waals surface area contributed by atoms with Crippen molar-refractivity contribution in [2.45, 2.75) is 12.8 Å². The van der Waals surface area contributed by atoms with Crippen molar-refractivity contribution in [3.8, 4) is 11.8 Å². The highest BCUT2D eigenvalue weighted by molar-refractivity contribution is 7.98. The second-order valence-corrected chi connectivity index (χ2v) is 5.18. The predicted molar refractivity (Wildman–Crippen MR) is 81.7 cm³/mol. The minimum Gasteiger partial charge on any atom is -0.395 e. The maximum absolute atomic E-state index is 11.7. The van der Waals surface area contributed by atoms with Crippen molar-refractivity contribution in [3.63, 3.8) is 0 Å². The number of anilines is 1. The summed E-state index contributed by atoms with van der Waals surface area (Å²) in [5.41, 5.74) is 1.32. The molecule has 0 spiro atoms. The predicted octanol–water partition coefficient (Wildman–Crippen LogP) is 2.77. The second-order valence-electron chi connectivity index (χ2n) is 3.76. The van der Waals surface area contributed by atoms with Crippen LogP contribution in [-0.4, -0.2) is 29.6 Å². The number of nitrogens with one attached hydrogen (secondary N) is 1. The molecule has 0 fully saturated rings. The van der Waals surface area contributed by atoms with Gasteiger partial charge in [-0.3, -0.25) is 4.79 Å². The van der Waals surface area contributed by atoms with Crippen LogP contribution in [0.1, 0.15) is 18.4 Å². The number of halogens is 1. The molecule has 0 unspecified atom stereocenters. The Kier molecular flexibility index (Phi) is 7.42. The van der Waals surface area contributed by atoms with Gasteiger partial charge in [-0.1, -0.05) is 23.4 Å². The molecule has 102 valence electrons. The lowest BCUT2D eigenvalue weighted by Crippen LogP contribution is -2.13. The summed E-state index contributed by atoms with van der Waals surface area (Å²) in [6.45, 7) is 0.0168. The van der Waals surface area contributed by atoms with Gasteiger partial charge in [0.05, 0.1) is 12.3 Å². The quantitative estimate of drug-likeness (QED) is 0.822. The minimum absolute atomic E-state index is 0.0168. The number of carbonyl (C=O) groups excluding carboxylic acids is 1. The fourth-order valence-corrected chi connectivity index (χ4v) is 1.91. The Labute approximate surface area is 122 Å². The first-order valence-electron chi connectivity index (χ1n) is 5.85. The first kappa shape index (κ1) is 15.9. The summed E-state index contributed by atoms with van der Waals surface area (Å²) in [6.07, 6.45) is 2.82. The van der Waals surface area contributed by atoms with E-state index >= 15 is 0 Å². The lowest BCUT2D eigenvalue weighted by Gasteiger charge is -2.07. The Morgan fingerprint density at radius 1 is 1.53 bits per heavy atom. The summed E-state index contributed by atoms with van der Waals surface area (Å²) < 4.78 is 0. The zero-order chi connectivity index (χ0) is 14.1. The Bertz CT molecular complexity index is 494. The number of rotatable bonds is 5. The number of hydrogen-bond donors (Lipinski definition) is 2. The summed E-state index contributed by atoms with van der Waals surface area (Å²) in [7, 11) is 0. The van der Waals surface area contributed by atoms with E-state index in [2.05, 4.69) is 17.2 Å². The van der Waals surface area contributed by atoms with Crippen molar-refractivity contribution in [1.29, 1.82) is 0 Å². The monoisotopic (exact) mass is 297 g/mol. The van der Waals surface area contributed by atoms with Gasteiger partial charge in [-0.15, -0.1) is 0 Å². The van der Waals surface area contributed by atoms with E-state index in [1.165, 1.54) is 0 Å². The highest BCUT2D eigenvalue weighted by Gasteiger charge is 2.06. The van der Waals surface area contributed by atoms with Gasteiger partial charge in [0.15, 0.2) is 0 Å². The van der Waals surface area contributed by atoms with Gasteiger partial charge in [0, 0.05) is 29.2 Å². The van der Waals surface area contributed by atoms with Crippen LogP contribution in [0.2, 0.25) is 5.02 Å². The van der Waals surface area contributed by atoms with Crippen molar-refractivity contribution in [3.05, 3.63) is 28.8 Å². The SMILES string of the molecule is CSCCC(=O)Nc1ccc(Cl)cc1C#CCCO. The fourth-order valence-electron chi connectivity index (χ4n) is 1.35. The molecule has 0 bridgehead atoms. The molecule has 0 atom stereocenters. The Balaban J connectivity index is 2.82. The maximum atomic E-state index is 11.7. The number of hydrogen-bond acceptors (Lipinski definition) is 3. The smallest absolute Gasteiger partial charge is 0.225 e. The van der Waals surface area contributed by atoms with E-state index in [0.717, 1.165) is 5.75 Å². The number of carbonyl (C=O) groups is 1. The van der Waals surface area contributed by atoms with Gasteiger partial charge in [-0.05, 0) is 24.5 Å². The molecular weight excluding hydrogens is 282 g/mol. The molecule has 5 heteroatoms. The van der Waals surface area contributed by atoms with Crippen LogP contribution in [0.15, 0.2) is 18.2 Å². The molecule has 0 aliphatic carbocycles. The van der Waals surface area contributed by atoms with Crippen molar-refractivity contribution >= 4 is 35.0 Å². The van der Waals surface area contributed by atoms with Gasteiger partial charge >= 0.3 is 0 Å². The van der Waals surface area contributed by atoms with E-state index in [4.69, 9.17) is 16.7 Å². The fraction of sp³-hybridized carbons (Fsp3) is 0.357. The molecule has 0 heterocycles. The summed E-state index contributed by atoms with van der Waals surface area (Å²) in [6, 6.07) is 5.15. The van der Waals surface area contributed by atoms with Crippen LogP contribution >= 0.6 is 23.4 Å². The highest BCUT2D eigenvalue weighted by atomic mass is 35.5. The number of thioether (sulfide) groups is 1. The number of aliphatic hydroxyl groups is 1. The van der Waals surface area contributed by atoms with Crippen molar-refractivity contribution in [1.82, 2.24) is 0 Å². The third-order valence-corrected chi connectivity index (χ3v) is 3.10. The lowest BCUT2D eigenvalue weighted by molar-refractivity contribution is -0.115. The van der Waals surface area contributed by atoms with Crippen molar-refractivity contribution < 1.29 is 9.90 Å². The summed E-state index contributed by atoms with van der Waals surface area (Å²) in [5, 5.41) is 12.1. The molecule has 0 saturated carbocycles. The number of amides is 1. The van der Waals surface area contributed by atoms with Crippen LogP contribution in [0, 0.1) is 11.8 Å². The van der Waals surface area contributed by atoms with Gasteiger partial charge in [-0.25, -0.2) is 0 Å². The molecule has 1 aromatic carbocycles. The van der Waals surface area contributed by atoms with Gasteiger partial charge in [0.2, 0.25) is 5.91 Å². The first-order chi connectivity index (χ1) is 9.17. The molecule has 0 aliphatic heterocycles. The number of aliphatic hydroxyl groups excluding tert-OH is 1. The molecule has 0 aliphatic rings. The molecule has 1 aromatic rings. The summed E-state index contributed by atoms with van der Waals surface area (Å²) in [4.78, 5) is 11.7. The zero-order valence-electron chi connectivity index (χ0n) is 10.7. The van der Waals surface area contributed by atoms with E-state index in [1.54, 1.807) is 30.0 Å². The lowest BCUT2D eigenvalue weighted by atomic mass is 10.1. The average Bonchev–Trinajstić information content (AvgIpc) is 2.39. The average molecular weight is 298 g/mol. The molecule has 2 N–H and O–H groups in total. The van der Waals surface area contributed by atoms with Gasteiger partial charge in [0.1, 0.15) is 0 Å². The van der Waals surface area contributed by atoms with Crippen molar-refractivity contribution in [2.24, 2.45) is 0 Å². The van der Waals surface area contributed by atoms with Crippen LogP contribution in [0.5, 0.6) is 0 Å². The topological polar surface area (TPSA) is 49.3 Å². The first-order valence-corrected chi connectivity index (χ1v) is 7.62. The molecule has 0 saturated heterocycles. The molecule has 19 heavy (non-hydrogen) atoms. The zero-order valence-corrected chi connectivity index (χ0v) is 12.3. The van der Waals surface area contributed by atoms with Gasteiger partial charge < -0.3 is 10.4 Å². The largest absolute Gasteiger partial charge is 0.395 e. The normalized spacial score (nSPS) is 9.63. The van der Waals surface area contributed by atoms with Crippen LogP contribution in [0.25, 0.3) is 0 Å². The Morgan fingerprint density at radius 3 is 3.00 bits per heavy atom. The van der Waals surface area contributed by atoms with Gasteiger partial charge in [-0.2, -0.15) is 11.8 Å². The van der Waals surface area contributed by atoms with E-state index in [9.17, 15) is 4.79 Å².